The van der Waals surface area contributed by atoms with Gasteiger partial charge in [0.2, 0.25) is 0 Å². The van der Waals surface area contributed by atoms with E-state index in [1.54, 1.807) is 0 Å². The van der Waals surface area contributed by atoms with Crippen molar-refractivity contribution in [1.29, 1.82) is 0 Å². The summed E-state index contributed by atoms with van der Waals surface area (Å²) in [6, 6.07) is 2.25. The topological polar surface area (TPSA) is 94.0 Å². The smallest absolute Gasteiger partial charge is 0.398 e. The first-order valence-electron chi connectivity index (χ1n) is 5.36. The van der Waals surface area contributed by atoms with Crippen LogP contribution in [-0.4, -0.2) is 16.0 Å². The van der Waals surface area contributed by atoms with Crippen LogP contribution in [0.5, 0.6) is 0 Å². The maximum Gasteiger partial charge on any atom is 0.416 e. The number of aromatic nitrogens is 2. The Morgan fingerprint density at radius 1 is 1.40 bits per heavy atom. The predicted octanol–water partition coefficient (Wildman–Crippen LogP) is 2.23. The minimum atomic E-state index is -4.57. The van der Waals surface area contributed by atoms with Crippen molar-refractivity contribution in [3.8, 4) is 0 Å². The Balaban J connectivity index is 2.29. The Hall–Kier alpha value is -2.58. The predicted molar refractivity (Wildman–Crippen MR) is 62.8 cm³/mol. The van der Waals surface area contributed by atoms with E-state index in [0.29, 0.717) is 6.07 Å². The molecule has 2 aromatic rings. The summed E-state index contributed by atoms with van der Waals surface area (Å²) >= 11 is 0. The maximum absolute atomic E-state index is 12.6. The first kappa shape index (κ1) is 13.8. The zero-order chi connectivity index (χ0) is 14.9. The fraction of sp³-hybridized carbons (Fsp3) is 0.182. The second-order valence-corrected chi connectivity index (χ2v) is 3.90. The molecule has 9 heteroatoms. The number of carbonyl (C=O) groups is 1. The molecule has 1 aromatic carbocycles. The number of hydrogen-bond donors (Lipinski definition) is 2. The highest BCUT2D eigenvalue weighted by Gasteiger charge is 2.31. The highest BCUT2D eigenvalue weighted by molar-refractivity contribution is 6.06. The fourth-order valence-corrected chi connectivity index (χ4v) is 1.44. The fourth-order valence-electron chi connectivity index (χ4n) is 1.44. The summed E-state index contributed by atoms with van der Waals surface area (Å²) in [5, 5.41) is 5.60. The molecule has 0 unspecified atom stereocenters. The molecule has 0 atom stereocenters. The summed E-state index contributed by atoms with van der Waals surface area (Å²) in [4.78, 5) is 15.5. The molecule has 20 heavy (non-hydrogen) atoms. The number of anilines is 2. The van der Waals surface area contributed by atoms with Gasteiger partial charge in [0.25, 0.3) is 5.91 Å². The first-order chi connectivity index (χ1) is 9.27. The van der Waals surface area contributed by atoms with Crippen molar-refractivity contribution >= 4 is 17.6 Å². The molecule has 0 saturated heterocycles. The molecule has 0 aliphatic carbocycles. The number of nitrogens with zero attached hydrogens (tertiary/aromatic N) is 2. The highest BCUT2D eigenvalue weighted by atomic mass is 19.4. The Morgan fingerprint density at radius 3 is 2.65 bits per heavy atom. The minimum Gasteiger partial charge on any atom is -0.398 e. The number of benzene rings is 1. The van der Waals surface area contributed by atoms with Gasteiger partial charge in [-0.3, -0.25) is 10.1 Å². The Kier molecular flexibility index (Phi) is 3.35. The van der Waals surface area contributed by atoms with Crippen LogP contribution in [0.1, 0.15) is 21.7 Å². The Bertz CT molecular complexity index is 651. The van der Waals surface area contributed by atoms with Crippen molar-refractivity contribution in [3.05, 3.63) is 35.2 Å². The van der Waals surface area contributed by atoms with E-state index in [2.05, 4.69) is 20.0 Å². The summed E-state index contributed by atoms with van der Waals surface area (Å²) in [6.07, 6.45) is -4.57. The lowest BCUT2D eigenvalue weighted by atomic mass is 10.1. The number of nitrogen functional groups attached to an aromatic ring is 1. The SMILES string of the molecule is Cc1noc(NC(=O)c2cc(C(F)(F)F)ccc2N)n1. The summed E-state index contributed by atoms with van der Waals surface area (Å²) < 4.78 is 42.4. The summed E-state index contributed by atoms with van der Waals surface area (Å²) in [7, 11) is 0. The van der Waals surface area contributed by atoms with E-state index in [1.807, 2.05) is 0 Å². The monoisotopic (exact) mass is 286 g/mol. The van der Waals surface area contributed by atoms with E-state index >= 15 is 0 Å². The molecule has 0 fully saturated rings. The number of nitrogens with one attached hydrogen (secondary N) is 1. The maximum atomic E-state index is 12.6. The summed E-state index contributed by atoms with van der Waals surface area (Å²) in [5.41, 5.74) is 4.11. The molecular weight excluding hydrogens is 277 g/mol. The molecule has 0 saturated carbocycles. The van der Waals surface area contributed by atoms with Gasteiger partial charge in [0.15, 0.2) is 5.82 Å². The van der Waals surface area contributed by atoms with Gasteiger partial charge < -0.3 is 10.3 Å². The number of amides is 1. The van der Waals surface area contributed by atoms with E-state index in [9.17, 15) is 18.0 Å². The van der Waals surface area contributed by atoms with E-state index in [4.69, 9.17) is 5.73 Å². The van der Waals surface area contributed by atoms with Crippen LogP contribution in [0.4, 0.5) is 24.9 Å². The van der Waals surface area contributed by atoms with Crippen LogP contribution >= 0.6 is 0 Å². The van der Waals surface area contributed by atoms with Gasteiger partial charge in [-0.05, 0) is 25.1 Å². The number of halogens is 3. The third kappa shape index (κ3) is 2.87. The van der Waals surface area contributed by atoms with E-state index in [1.165, 1.54) is 6.92 Å². The van der Waals surface area contributed by atoms with E-state index in [0.717, 1.165) is 12.1 Å². The van der Waals surface area contributed by atoms with Gasteiger partial charge in [-0.15, -0.1) is 0 Å². The van der Waals surface area contributed by atoms with E-state index < -0.39 is 17.6 Å². The zero-order valence-corrected chi connectivity index (χ0v) is 10.2. The summed E-state index contributed by atoms with van der Waals surface area (Å²) in [6.45, 7) is 1.53. The Morgan fingerprint density at radius 2 is 2.10 bits per heavy atom. The lowest BCUT2D eigenvalue weighted by Gasteiger charge is -2.10. The van der Waals surface area contributed by atoms with Crippen molar-refractivity contribution < 1.29 is 22.5 Å². The van der Waals surface area contributed by atoms with Crippen LogP contribution in [0.3, 0.4) is 0 Å². The van der Waals surface area contributed by atoms with Gasteiger partial charge in [0.1, 0.15) is 0 Å². The molecule has 0 spiro atoms. The normalized spacial score (nSPS) is 11.4. The van der Waals surface area contributed by atoms with Gasteiger partial charge in [-0.2, -0.15) is 18.2 Å². The molecule has 3 N–H and O–H groups in total. The number of hydrogen-bond acceptors (Lipinski definition) is 5. The van der Waals surface area contributed by atoms with Crippen LogP contribution in [0.25, 0.3) is 0 Å². The first-order valence-corrected chi connectivity index (χ1v) is 5.36. The summed E-state index contributed by atoms with van der Waals surface area (Å²) in [5.74, 6) is -0.588. The largest absolute Gasteiger partial charge is 0.416 e. The van der Waals surface area contributed by atoms with Gasteiger partial charge in [0.05, 0.1) is 11.1 Å². The third-order valence-corrected chi connectivity index (χ3v) is 2.37. The Labute approximate surface area is 110 Å². The molecular formula is C11H9F3N4O2. The van der Waals surface area contributed by atoms with Crippen LogP contribution in [0.15, 0.2) is 22.7 Å². The molecule has 1 heterocycles. The number of rotatable bonds is 2. The van der Waals surface area contributed by atoms with E-state index in [-0.39, 0.29) is 23.1 Å². The molecule has 6 nitrogen and oxygen atoms in total. The van der Waals surface area contributed by atoms with Crippen molar-refractivity contribution in [2.75, 3.05) is 11.1 Å². The third-order valence-electron chi connectivity index (χ3n) is 2.37. The minimum absolute atomic E-state index is 0.0910. The van der Waals surface area contributed by atoms with Crippen molar-refractivity contribution in [2.24, 2.45) is 0 Å². The molecule has 1 aromatic heterocycles. The highest BCUT2D eigenvalue weighted by Crippen LogP contribution is 2.31. The van der Waals surface area contributed by atoms with Gasteiger partial charge >= 0.3 is 12.2 Å². The average molecular weight is 286 g/mol. The molecule has 1 amide bonds. The lowest BCUT2D eigenvalue weighted by Crippen LogP contribution is -2.16. The van der Waals surface area contributed by atoms with Crippen LogP contribution < -0.4 is 11.1 Å². The van der Waals surface area contributed by atoms with Crippen LogP contribution in [-0.2, 0) is 6.18 Å². The number of carbonyl (C=O) groups excluding carboxylic acids is 1. The lowest BCUT2D eigenvalue weighted by molar-refractivity contribution is -0.137. The molecule has 2 rings (SSSR count). The number of aryl methyl sites for hydroxylation is 1. The van der Waals surface area contributed by atoms with Crippen LogP contribution in [0.2, 0.25) is 0 Å². The number of alkyl halides is 3. The van der Waals surface area contributed by atoms with Gasteiger partial charge in [-0.1, -0.05) is 5.16 Å². The van der Waals surface area contributed by atoms with Crippen molar-refractivity contribution in [1.82, 2.24) is 10.1 Å². The van der Waals surface area contributed by atoms with Gasteiger partial charge in [0, 0.05) is 5.69 Å². The van der Waals surface area contributed by atoms with Crippen LogP contribution in [0, 0.1) is 6.92 Å². The second-order valence-electron chi connectivity index (χ2n) is 3.90. The van der Waals surface area contributed by atoms with Gasteiger partial charge in [-0.25, -0.2) is 0 Å². The molecule has 0 aliphatic rings. The second kappa shape index (κ2) is 4.83. The molecule has 0 bridgehead atoms. The number of nitrogens with two attached hydrogens (primary N) is 1. The average Bonchev–Trinajstić information content (AvgIpc) is 2.73. The molecule has 0 aliphatic heterocycles. The zero-order valence-electron chi connectivity index (χ0n) is 10.2. The standard InChI is InChI=1S/C11H9F3N4O2/c1-5-16-10(20-18-5)17-9(19)7-4-6(11(12,13)14)2-3-8(7)15/h2-4H,15H2,1H3,(H,16,17,18,19). The van der Waals surface area contributed by atoms with Crippen molar-refractivity contribution in [2.45, 2.75) is 13.1 Å². The molecule has 0 radical (unpaired) electrons. The van der Waals surface area contributed by atoms with Crippen molar-refractivity contribution in [3.63, 3.8) is 0 Å². The quantitative estimate of drug-likeness (QED) is 0.825. The molecule has 106 valence electrons.